The predicted octanol–water partition coefficient (Wildman–Crippen LogP) is 3.22. The Labute approximate surface area is 175 Å². The Balaban J connectivity index is 0.00000300. The summed E-state index contributed by atoms with van der Waals surface area (Å²) in [7, 11) is 0. The second kappa shape index (κ2) is 10.0. The predicted molar refractivity (Wildman–Crippen MR) is 114 cm³/mol. The van der Waals surface area contributed by atoms with Crippen LogP contribution in [0.15, 0.2) is 30.3 Å². The van der Waals surface area contributed by atoms with E-state index < -0.39 is 4.92 Å². The lowest BCUT2D eigenvalue weighted by Gasteiger charge is -2.19. The molecule has 2 N–H and O–H groups in total. The molecule has 0 radical (unpaired) electrons. The summed E-state index contributed by atoms with van der Waals surface area (Å²) < 4.78 is 0. The summed E-state index contributed by atoms with van der Waals surface area (Å²) in [6, 6.07) is 8.34. The van der Waals surface area contributed by atoms with E-state index in [9.17, 15) is 14.9 Å². The number of aromatic nitrogens is 2. The number of carbonyl (C=O) groups is 1. The molecule has 1 saturated heterocycles. The molecule has 1 aromatic carbocycles. The zero-order valence-corrected chi connectivity index (χ0v) is 17.2. The highest BCUT2D eigenvalue weighted by atomic mass is 35.5. The molecule has 10 heteroatoms. The number of aryl methyl sites for hydroxylation is 1. The topological polar surface area (TPSA) is 113 Å². The Kier molecular flexibility index (Phi) is 7.72. The molecule has 2 heterocycles. The van der Waals surface area contributed by atoms with E-state index in [0.29, 0.717) is 18.2 Å². The summed E-state index contributed by atoms with van der Waals surface area (Å²) in [4.78, 5) is 33.1. The van der Waals surface area contributed by atoms with Gasteiger partial charge in [-0.1, -0.05) is 19.4 Å². The molecule has 1 aromatic heterocycles. The van der Waals surface area contributed by atoms with E-state index in [1.807, 2.05) is 6.07 Å². The zero-order valence-electron chi connectivity index (χ0n) is 16.4. The van der Waals surface area contributed by atoms with Gasteiger partial charge in [0.1, 0.15) is 5.82 Å². The van der Waals surface area contributed by atoms with Crippen LogP contribution in [-0.2, 0) is 11.2 Å². The summed E-state index contributed by atoms with van der Waals surface area (Å²) in [6.07, 6.45) is 2.61. The van der Waals surface area contributed by atoms with Crippen LogP contribution in [-0.4, -0.2) is 39.9 Å². The lowest BCUT2D eigenvalue weighted by Crippen LogP contribution is -2.35. The fourth-order valence-electron chi connectivity index (χ4n) is 3.29. The van der Waals surface area contributed by atoms with Gasteiger partial charge < -0.3 is 15.5 Å². The first-order valence-electron chi connectivity index (χ1n) is 9.36. The number of nitro benzene ring substituents is 1. The van der Waals surface area contributed by atoms with Gasteiger partial charge in [0.2, 0.25) is 11.9 Å². The minimum atomic E-state index is -0.433. The van der Waals surface area contributed by atoms with Crippen LogP contribution < -0.4 is 15.5 Å². The van der Waals surface area contributed by atoms with Crippen molar-refractivity contribution in [2.75, 3.05) is 23.3 Å². The van der Waals surface area contributed by atoms with Crippen molar-refractivity contribution in [1.29, 1.82) is 0 Å². The van der Waals surface area contributed by atoms with Crippen LogP contribution in [0.3, 0.4) is 0 Å². The number of nitrogens with zero attached hydrogens (tertiary/aromatic N) is 4. The minimum Gasteiger partial charge on any atom is -0.354 e. The van der Waals surface area contributed by atoms with E-state index in [2.05, 4.69) is 32.4 Å². The van der Waals surface area contributed by atoms with Crippen LogP contribution in [0.2, 0.25) is 0 Å². The Morgan fingerprint density at radius 3 is 2.83 bits per heavy atom. The number of rotatable bonds is 7. The number of hydrogen-bond acceptors (Lipinski definition) is 7. The van der Waals surface area contributed by atoms with Gasteiger partial charge in [0, 0.05) is 55.6 Å². The Hall–Kier alpha value is -2.94. The van der Waals surface area contributed by atoms with E-state index in [0.717, 1.165) is 37.3 Å². The number of nitro groups is 1. The van der Waals surface area contributed by atoms with Crippen molar-refractivity contribution in [2.45, 2.75) is 39.2 Å². The van der Waals surface area contributed by atoms with Crippen LogP contribution in [0, 0.1) is 10.1 Å². The minimum absolute atomic E-state index is 0. The quantitative estimate of drug-likeness (QED) is 0.522. The number of nitrogens with one attached hydrogen (secondary N) is 2. The standard InChI is InChI=1S/C19H24N6O3.ClH/c1-3-5-14-11-18(24-9-8-16(12-24)20-13(2)26)23-19(21-14)22-15-6-4-7-17(10-15)25(27)28;/h4,6-7,10-11,16H,3,5,8-9,12H2,1-2H3,(H,20,26)(H,21,22,23);1H/t16-;/m0./s1. The highest BCUT2D eigenvalue weighted by Gasteiger charge is 2.24. The van der Waals surface area contributed by atoms with Crippen LogP contribution in [0.25, 0.3) is 0 Å². The number of halogens is 1. The molecule has 0 bridgehead atoms. The van der Waals surface area contributed by atoms with Gasteiger partial charge in [-0.05, 0) is 18.9 Å². The molecule has 0 saturated carbocycles. The highest BCUT2D eigenvalue weighted by Crippen LogP contribution is 2.24. The fourth-order valence-corrected chi connectivity index (χ4v) is 3.29. The third-order valence-electron chi connectivity index (χ3n) is 4.50. The summed E-state index contributed by atoms with van der Waals surface area (Å²) >= 11 is 0. The normalized spacial score (nSPS) is 15.5. The molecular formula is C19H25ClN6O3. The Morgan fingerprint density at radius 1 is 1.34 bits per heavy atom. The second-order valence-electron chi connectivity index (χ2n) is 6.86. The molecule has 1 aliphatic rings. The number of hydrogen-bond donors (Lipinski definition) is 2. The van der Waals surface area contributed by atoms with E-state index >= 15 is 0 Å². The van der Waals surface area contributed by atoms with Gasteiger partial charge in [0.15, 0.2) is 0 Å². The van der Waals surface area contributed by atoms with Gasteiger partial charge in [-0.2, -0.15) is 4.98 Å². The third kappa shape index (κ3) is 6.02. The maximum absolute atomic E-state index is 11.3. The maximum atomic E-state index is 11.3. The summed E-state index contributed by atoms with van der Waals surface area (Å²) in [5.41, 5.74) is 1.47. The molecule has 9 nitrogen and oxygen atoms in total. The van der Waals surface area contributed by atoms with Gasteiger partial charge in [-0.15, -0.1) is 12.4 Å². The van der Waals surface area contributed by atoms with Crippen molar-refractivity contribution < 1.29 is 9.72 Å². The summed E-state index contributed by atoms with van der Waals surface area (Å²) in [5.74, 6) is 1.16. The van der Waals surface area contributed by atoms with Crippen LogP contribution in [0.1, 0.15) is 32.4 Å². The van der Waals surface area contributed by atoms with E-state index in [4.69, 9.17) is 0 Å². The van der Waals surface area contributed by atoms with Crippen LogP contribution >= 0.6 is 12.4 Å². The maximum Gasteiger partial charge on any atom is 0.271 e. The molecule has 29 heavy (non-hydrogen) atoms. The zero-order chi connectivity index (χ0) is 20.1. The van der Waals surface area contributed by atoms with Crippen molar-refractivity contribution in [3.63, 3.8) is 0 Å². The number of anilines is 3. The van der Waals surface area contributed by atoms with Crippen LogP contribution in [0.4, 0.5) is 23.1 Å². The van der Waals surface area contributed by atoms with Crippen molar-refractivity contribution >= 4 is 41.5 Å². The molecular weight excluding hydrogens is 396 g/mol. The van der Waals surface area contributed by atoms with Crippen molar-refractivity contribution in [3.05, 3.63) is 46.1 Å². The van der Waals surface area contributed by atoms with Crippen molar-refractivity contribution in [3.8, 4) is 0 Å². The molecule has 1 amide bonds. The molecule has 1 aliphatic heterocycles. The average molecular weight is 421 g/mol. The first-order valence-corrected chi connectivity index (χ1v) is 9.36. The molecule has 0 unspecified atom stereocenters. The van der Waals surface area contributed by atoms with Gasteiger partial charge in [0.25, 0.3) is 5.69 Å². The molecule has 156 valence electrons. The average Bonchev–Trinajstić information content (AvgIpc) is 3.10. The first kappa shape index (κ1) is 22.4. The largest absolute Gasteiger partial charge is 0.354 e. The molecule has 0 spiro atoms. The number of benzene rings is 1. The first-order chi connectivity index (χ1) is 13.4. The molecule has 0 aliphatic carbocycles. The lowest BCUT2D eigenvalue weighted by atomic mass is 10.2. The lowest BCUT2D eigenvalue weighted by molar-refractivity contribution is -0.384. The van der Waals surface area contributed by atoms with Gasteiger partial charge >= 0.3 is 0 Å². The molecule has 3 rings (SSSR count). The van der Waals surface area contributed by atoms with E-state index in [1.54, 1.807) is 12.1 Å². The van der Waals surface area contributed by atoms with Crippen molar-refractivity contribution in [1.82, 2.24) is 15.3 Å². The summed E-state index contributed by atoms with van der Waals surface area (Å²) in [6.45, 7) is 5.09. The van der Waals surface area contributed by atoms with Gasteiger partial charge in [0.05, 0.1) is 4.92 Å². The molecule has 1 fully saturated rings. The van der Waals surface area contributed by atoms with E-state index in [-0.39, 0.29) is 30.0 Å². The second-order valence-corrected chi connectivity index (χ2v) is 6.86. The molecule has 1 atom stereocenters. The number of amides is 1. The number of carbonyl (C=O) groups excluding carboxylic acids is 1. The SMILES string of the molecule is CCCc1cc(N2CC[C@H](NC(C)=O)C2)nc(Nc2cccc([N+](=O)[O-])c2)n1.Cl. The van der Waals surface area contributed by atoms with E-state index in [1.165, 1.54) is 19.1 Å². The third-order valence-corrected chi connectivity index (χ3v) is 4.50. The van der Waals surface area contributed by atoms with Gasteiger partial charge in [-0.3, -0.25) is 14.9 Å². The molecule has 2 aromatic rings. The van der Waals surface area contributed by atoms with Gasteiger partial charge in [-0.25, -0.2) is 4.98 Å². The Morgan fingerprint density at radius 2 is 2.14 bits per heavy atom. The smallest absolute Gasteiger partial charge is 0.271 e. The number of non-ortho nitro benzene ring substituents is 1. The van der Waals surface area contributed by atoms with Crippen molar-refractivity contribution in [2.24, 2.45) is 0 Å². The highest BCUT2D eigenvalue weighted by molar-refractivity contribution is 5.85. The monoisotopic (exact) mass is 420 g/mol. The summed E-state index contributed by atoms with van der Waals surface area (Å²) in [5, 5.41) is 17.0. The van der Waals surface area contributed by atoms with Crippen LogP contribution in [0.5, 0.6) is 0 Å². The fraction of sp³-hybridized carbons (Fsp3) is 0.421. The Bertz CT molecular complexity index is 879.